The zero-order valence-electron chi connectivity index (χ0n) is 32.7. The summed E-state index contributed by atoms with van der Waals surface area (Å²) >= 11 is 6.19. The maximum atomic E-state index is 14.3. The molecule has 308 valence electrons. The summed E-state index contributed by atoms with van der Waals surface area (Å²) in [5, 5.41) is 2.95. The highest BCUT2D eigenvalue weighted by Gasteiger charge is 2.37. The first-order chi connectivity index (χ1) is 27.4. The van der Waals surface area contributed by atoms with Gasteiger partial charge in [0, 0.05) is 96.7 Å². The topological polar surface area (TPSA) is 105 Å². The number of halogens is 4. The standard InChI is InChI=1S/C43H55ClF3N7O3/c1-49-39-10-6-5-9-33(39)11-16-54(30-55)36-12-17-52(18-13-36)40(56)28-34(25-32-26-37(43(45,46)47)41(48)38(44)27-32)42(57)53-19-14-35(15-20-53)51-23-21-50(22-24-51)29-31-7-3-2-4-8-31/h2-10,26-27,30,34-36,49H,11-25,28-29,48H2,1H3/t34-/m0/s1. The first-order valence-electron chi connectivity index (χ1n) is 20.1. The average Bonchev–Trinajstić information content (AvgIpc) is 3.22. The predicted molar refractivity (Wildman–Crippen MR) is 218 cm³/mol. The van der Waals surface area contributed by atoms with Crippen molar-refractivity contribution in [2.45, 2.75) is 69.8 Å². The van der Waals surface area contributed by atoms with Crippen LogP contribution in [0, 0.1) is 5.92 Å². The first-order valence-corrected chi connectivity index (χ1v) is 20.5. The Kier molecular flexibility index (Phi) is 14.4. The van der Waals surface area contributed by atoms with E-state index >= 15 is 0 Å². The summed E-state index contributed by atoms with van der Waals surface area (Å²) in [5.41, 5.74) is 7.74. The van der Waals surface area contributed by atoms with Crippen molar-refractivity contribution < 1.29 is 27.6 Å². The molecule has 14 heteroatoms. The van der Waals surface area contributed by atoms with Crippen molar-refractivity contribution in [3.63, 3.8) is 0 Å². The lowest BCUT2D eigenvalue weighted by molar-refractivity contribution is -0.143. The third kappa shape index (κ3) is 11.0. The number of nitrogens with two attached hydrogens (primary N) is 1. The molecule has 3 aromatic carbocycles. The van der Waals surface area contributed by atoms with Gasteiger partial charge in [-0.05, 0) is 73.4 Å². The van der Waals surface area contributed by atoms with E-state index in [-0.39, 0.29) is 41.3 Å². The minimum Gasteiger partial charge on any atom is -0.397 e. The van der Waals surface area contributed by atoms with Crippen LogP contribution in [0.15, 0.2) is 66.7 Å². The number of piperazine rings is 1. The number of carbonyl (C=O) groups excluding carboxylic acids is 3. The Bertz CT molecular complexity index is 1810. The lowest BCUT2D eigenvalue weighted by Crippen LogP contribution is -2.54. The van der Waals surface area contributed by atoms with Crippen LogP contribution in [0.25, 0.3) is 0 Å². The van der Waals surface area contributed by atoms with Crippen molar-refractivity contribution in [3.05, 3.63) is 94.0 Å². The molecule has 10 nitrogen and oxygen atoms in total. The van der Waals surface area contributed by atoms with E-state index in [4.69, 9.17) is 17.3 Å². The number of nitrogens with one attached hydrogen (secondary N) is 1. The van der Waals surface area contributed by atoms with Gasteiger partial charge in [-0.1, -0.05) is 60.1 Å². The number of rotatable bonds is 14. The Balaban J connectivity index is 1.07. The van der Waals surface area contributed by atoms with E-state index in [1.165, 1.54) is 11.6 Å². The maximum absolute atomic E-state index is 14.3. The minimum absolute atomic E-state index is 0.0310. The number of carbonyl (C=O) groups is 3. The number of benzene rings is 3. The van der Waals surface area contributed by atoms with Crippen LogP contribution in [0.4, 0.5) is 24.5 Å². The number of para-hydroxylation sites is 1. The molecule has 3 amide bonds. The number of anilines is 2. The van der Waals surface area contributed by atoms with E-state index in [0.29, 0.717) is 58.0 Å². The molecule has 3 N–H and O–H groups in total. The Hall–Kier alpha value is -4.33. The summed E-state index contributed by atoms with van der Waals surface area (Å²) in [4.78, 5) is 50.6. The molecule has 3 saturated heterocycles. The largest absolute Gasteiger partial charge is 0.418 e. The molecule has 1 atom stereocenters. The number of nitrogen functional groups attached to an aromatic ring is 1. The third-order valence-corrected chi connectivity index (χ3v) is 12.4. The monoisotopic (exact) mass is 809 g/mol. The molecule has 0 unspecified atom stereocenters. The highest BCUT2D eigenvalue weighted by atomic mass is 35.5. The van der Waals surface area contributed by atoms with Crippen LogP contribution >= 0.6 is 11.6 Å². The van der Waals surface area contributed by atoms with Gasteiger partial charge in [0.1, 0.15) is 0 Å². The van der Waals surface area contributed by atoms with Crippen LogP contribution in [0.2, 0.25) is 5.02 Å². The van der Waals surface area contributed by atoms with Crippen molar-refractivity contribution in [2.24, 2.45) is 5.92 Å². The molecule has 57 heavy (non-hydrogen) atoms. The number of nitrogens with zero attached hydrogens (tertiary/aromatic N) is 5. The second-order valence-electron chi connectivity index (χ2n) is 15.6. The van der Waals surface area contributed by atoms with Crippen LogP contribution in [0.3, 0.4) is 0 Å². The molecular weight excluding hydrogens is 755 g/mol. The SMILES string of the molecule is CNc1ccccc1CCN(C=O)C1CCN(C(=O)C[C@H](Cc2cc(Cl)c(N)c(C(F)(F)F)c2)C(=O)N2CCC(N3CCN(Cc4ccccc4)CC3)CC2)CC1. The minimum atomic E-state index is -4.73. The van der Waals surface area contributed by atoms with Crippen LogP contribution in [0.1, 0.15) is 54.4 Å². The highest BCUT2D eigenvalue weighted by Crippen LogP contribution is 2.38. The maximum Gasteiger partial charge on any atom is 0.418 e. The molecule has 0 bridgehead atoms. The lowest BCUT2D eigenvalue weighted by atomic mass is 9.91. The quantitative estimate of drug-likeness (QED) is 0.151. The predicted octanol–water partition coefficient (Wildman–Crippen LogP) is 6.03. The van der Waals surface area contributed by atoms with Crippen LogP contribution in [0.5, 0.6) is 0 Å². The third-order valence-electron chi connectivity index (χ3n) is 12.0. The number of piperidine rings is 2. The lowest BCUT2D eigenvalue weighted by Gasteiger charge is -2.43. The van der Waals surface area contributed by atoms with Gasteiger partial charge in [0.05, 0.1) is 22.2 Å². The summed E-state index contributed by atoms with van der Waals surface area (Å²) in [5.74, 6) is -1.35. The number of hydrogen-bond donors (Lipinski definition) is 2. The molecule has 3 aromatic rings. The Labute approximate surface area is 339 Å². The van der Waals surface area contributed by atoms with E-state index in [2.05, 4.69) is 39.4 Å². The van der Waals surface area contributed by atoms with Gasteiger partial charge in [0.15, 0.2) is 0 Å². The number of alkyl halides is 3. The smallest absolute Gasteiger partial charge is 0.397 e. The van der Waals surface area contributed by atoms with Crippen molar-refractivity contribution in [3.8, 4) is 0 Å². The van der Waals surface area contributed by atoms with Gasteiger partial charge in [0.25, 0.3) is 0 Å². The van der Waals surface area contributed by atoms with Gasteiger partial charge >= 0.3 is 6.18 Å². The first kappa shape index (κ1) is 42.3. The van der Waals surface area contributed by atoms with Crippen molar-refractivity contribution >= 4 is 41.2 Å². The summed E-state index contributed by atoms with van der Waals surface area (Å²) in [6, 6.07) is 21.0. The van der Waals surface area contributed by atoms with Crippen molar-refractivity contribution in [1.29, 1.82) is 0 Å². The summed E-state index contributed by atoms with van der Waals surface area (Å²) < 4.78 is 41.8. The fourth-order valence-corrected chi connectivity index (χ4v) is 8.98. The van der Waals surface area contributed by atoms with E-state index in [9.17, 15) is 27.6 Å². The fourth-order valence-electron chi connectivity index (χ4n) is 8.74. The molecule has 0 aromatic heterocycles. The van der Waals surface area contributed by atoms with Crippen LogP contribution in [-0.4, -0.2) is 121 Å². The molecular formula is C43H55ClF3N7O3. The summed E-state index contributed by atoms with van der Waals surface area (Å²) in [6.45, 7) is 7.17. The molecule has 0 radical (unpaired) electrons. The van der Waals surface area contributed by atoms with Gasteiger partial charge in [0.2, 0.25) is 18.2 Å². The van der Waals surface area contributed by atoms with E-state index in [0.717, 1.165) is 69.3 Å². The second kappa shape index (κ2) is 19.4. The van der Waals surface area contributed by atoms with Gasteiger partial charge in [-0.15, -0.1) is 0 Å². The van der Waals surface area contributed by atoms with Crippen molar-refractivity contribution in [1.82, 2.24) is 24.5 Å². The Morgan fingerprint density at radius 2 is 1.54 bits per heavy atom. The zero-order chi connectivity index (χ0) is 40.5. The number of likely N-dealkylation sites (tertiary alicyclic amines) is 2. The van der Waals surface area contributed by atoms with E-state index < -0.39 is 23.3 Å². The average molecular weight is 810 g/mol. The highest BCUT2D eigenvalue weighted by molar-refractivity contribution is 6.33. The molecule has 3 heterocycles. The fraction of sp³-hybridized carbons (Fsp3) is 0.512. The normalized spacial score (nSPS) is 18.3. The molecule has 6 rings (SSSR count). The van der Waals surface area contributed by atoms with Gasteiger partial charge in [-0.2, -0.15) is 13.2 Å². The van der Waals surface area contributed by atoms with Gasteiger partial charge < -0.3 is 25.8 Å². The molecule has 3 aliphatic rings. The Morgan fingerprint density at radius 1 is 0.895 bits per heavy atom. The van der Waals surface area contributed by atoms with Gasteiger partial charge in [-0.25, -0.2) is 0 Å². The van der Waals surface area contributed by atoms with E-state index in [1.807, 2.05) is 37.4 Å². The van der Waals surface area contributed by atoms with Crippen LogP contribution < -0.4 is 11.1 Å². The molecule has 3 aliphatic heterocycles. The summed E-state index contributed by atoms with van der Waals surface area (Å²) in [6.07, 6.45) is -0.635. The van der Waals surface area contributed by atoms with E-state index in [1.54, 1.807) is 14.7 Å². The van der Waals surface area contributed by atoms with Crippen LogP contribution in [-0.2, 0) is 39.9 Å². The van der Waals surface area contributed by atoms with Crippen molar-refractivity contribution in [2.75, 3.05) is 77.0 Å². The summed E-state index contributed by atoms with van der Waals surface area (Å²) in [7, 11) is 1.87. The molecule has 3 fully saturated rings. The molecule has 0 aliphatic carbocycles. The molecule has 0 spiro atoms. The zero-order valence-corrected chi connectivity index (χ0v) is 33.5. The van der Waals surface area contributed by atoms with Gasteiger partial charge in [-0.3, -0.25) is 24.2 Å². The molecule has 0 saturated carbocycles. The number of hydrogen-bond acceptors (Lipinski definition) is 7. The number of amides is 3. The Morgan fingerprint density at radius 3 is 2.19 bits per heavy atom. The second-order valence-corrected chi connectivity index (χ2v) is 16.0.